The molecule has 0 unspecified atom stereocenters. The molecular weight excluding hydrogens is 152 g/mol. The summed E-state index contributed by atoms with van der Waals surface area (Å²) in [6.07, 6.45) is -1.36. The molecule has 0 bridgehead atoms. The molecule has 0 aliphatic carbocycles. The number of aliphatic hydroxyl groups excluding tert-OH is 1. The van der Waals surface area contributed by atoms with Crippen molar-refractivity contribution in [2.75, 3.05) is 0 Å². The van der Waals surface area contributed by atoms with Crippen LogP contribution in [0.1, 0.15) is 37.2 Å². The molecule has 0 aliphatic rings. The highest BCUT2D eigenvalue weighted by Gasteiger charge is 2.04. The Morgan fingerprint density at radius 1 is 1.08 bits per heavy atom. The summed E-state index contributed by atoms with van der Waals surface area (Å²) in [4.78, 5) is 0. The van der Waals surface area contributed by atoms with Gasteiger partial charge in [0, 0.05) is 5.56 Å². The lowest BCUT2D eigenvalue weighted by atomic mass is 10.0. The topological polar surface area (TPSA) is 40.5 Å². The Labute approximate surface area is 72.5 Å². The van der Waals surface area contributed by atoms with Crippen molar-refractivity contribution in [3.63, 3.8) is 0 Å². The first kappa shape index (κ1) is 9.23. The van der Waals surface area contributed by atoms with E-state index >= 15 is 0 Å². The van der Waals surface area contributed by atoms with Gasteiger partial charge in [-0.2, -0.15) is 0 Å². The Morgan fingerprint density at radius 3 is 2.17 bits per heavy atom. The van der Waals surface area contributed by atoms with E-state index in [0.29, 0.717) is 11.5 Å². The summed E-state index contributed by atoms with van der Waals surface area (Å²) in [6.45, 7) is 4.14. The van der Waals surface area contributed by atoms with Crippen LogP contribution in [0.25, 0.3) is 0 Å². The van der Waals surface area contributed by atoms with Crippen LogP contribution in [0.15, 0.2) is 24.3 Å². The zero-order valence-electron chi connectivity index (χ0n) is 7.36. The van der Waals surface area contributed by atoms with Crippen molar-refractivity contribution in [3.05, 3.63) is 35.4 Å². The zero-order chi connectivity index (χ0) is 9.14. The second-order valence-corrected chi connectivity index (χ2v) is 3.20. The van der Waals surface area contributed by atoms with Crippen LogP contribution in [-0.2, 0) is 0 Å². The fourth-order valence-corrected chi connectivity index (χ4v) is 1.08. The van der Waals surface area contributed by atoms with Crippen LogP contribution in [0.3, 0.4) is 0 Å². The van der Waals surface area contributed by atoms with Crippen LogP contribution in [0.2, 0.25) is 0 Å². The molecule has 0 saturated heterocycles. The molecule has 0 fully saturated rings. The highest BCUT2D eigenvalue weighted by atomic mass is 16.5. The summed E-state index contributed by atoms with van der Waals surface area (Å²) < 4.78 is 0. The summed E-state index contributed by atoms with van der Waals surface area (Å²) in [5.74, 6) is 0.420. The lowest BCUT2D eigenvalue weighted by Crippen LogP contribution is -1.96. The average Bonchev–Trinajstić information content (AvgIpc) is 2.04. The molecule has 0 amide bonds. The minimum Gasteiger partial charge on any atom is -0.364 e. The highest BCUT2D eigenvalue weighted by Crippen LogP contribution is 2.18. The SMILES string of the molecule is CC(C)c1cccc(C(O)O)c1. The van der Waals surface area contributed by atoms with Crippen LogP contribution in [0, 0.1) is 0 Å². The zero-order valence-corrected chi connectivity index (χ0v) is 7.36. The maximum absolute atomic E-state index is 8.89. The van der Waals surface area contributed by atoms with Crippen molar-refractivity contribution in [1.82, 2.24) is 0 Å². The van der Waals surface area contributed by atoms with Gasteiger partial charge in [-0.15, -0.1) is 0 Å². The van der Waals surface area contributed by atoms with Gasteiger partial charge in [0.15, 0.2) is 6.29 Å². The molecule has 66 valence electrons. The number of hydrogen-bond donors (Lipinski definition) is 2. The first-order valence-corrected chi connectivity index (χ1v) is 4.07. The molecule has 0 saturated carbocycles. The molecule has 0 aliphatic heterocycles. The van der Waals surface area contributed by atoms with Gasteiger partial charge in [-0.3, -0.25) is 0 Å². The maximum atomic E-state index is 8.89. The van der Waals surface area contributed by atoms with E-state index in [1.807, 2.05) is 18.2 Å². The van der Waals surface area contributed by atoms with Crippen molar-refractivity contribution in [2.45, 2.75) is 26.1 Å². The third-order valence-corrected chi connectivity index (χ3v) is 1.88. The molecule has 12 heavy (non-hydrogen) atoms. The molecule has 0 heterocycles. The summed E-state index contributed by atoms with van der Waals surface area (Å²) in [5, 5.41) is 17.8. The van der Waals surface area contributed by atoms with E-state index in [-0.39, 0.29) is 0 Å². The van der Waals surface area contributed by atoms with E-state index in [4.69, 9.17) is 10.2 Å². The monoisotopic (exact) mass is 166 g/mol. The summed E-state index contributed by atoms with van der Waals surface area (Å²) in [6, 6.07) is 7.34. The lowest BCUT2D eigenvalue weighted by Gasteiger charge is -2.08. The molecule has 0 spiro atoms. The van der Waals surface area contributed by atoms with Gasteiger partial charge >= 0.3 is 0 Å². The normalized spacial score (nSPS) is 11.2. The Kier molecular flexibility index (Phi) is 2.84. The Bertz CT molecular complexity index is 231. The fourth-order valence-electron chi connectivity index (χ4n) is 1.08. The van der Waals surface area contributed by atoms with E-state index < -0.39 is 6.29 Å². The smallest absolute Gasteiger partial charge is 0.178 e. The second kappa shape index (κ2) is 3.70. The van der Waals surface area contributed by atoms with Gasteiger partial charge in [0.05, 0.1) is 0 Å². The number of benzene rings is 1. The van der Waals surface area contributed by atoms with E-state index in [1.165, 1.54) is 0 Å². The lowest BCUT2D eigenvalue weighted by molar-refractivity contribution is -0.0425. The molecule has 1 aromatic carbocycles. The van der Waals surface area contributed by atoms with Crippen LogP contribution in [-0.4, -0.2) is 10.2 Å². The van der Waals surface area contributed by atoms with E-state index in [1.54, 1.807) is 6.07 Å². The Morgan fingerprint density at radius 2 is 1.67 bits per heavy atom. The quantitative estimate of drug-likeness (QED) is 0.657. The largest absolute Gasteiger partial charge is 0.364 e. The predicted octanol–water partition coefficient (Wildman–Crippen LogP) is 1.79. The molecular formula is C10H14O2. The van der Waals surface area contributed by atoms with Gasteiger partial charge in [-0.25, -0.2) is 0 Å². The van der Waals surface area contributed by atoms with E-state index in [0.717, 1.165) is 5.56 Å². The molecule has 1 rings (SSSR count). The number of aliphatic hydroxyl groups is 2. The van der Waals surface area contributed by atoms with Gasteiger partial charge < -0.3 is 10.2 Å². The van der Waals surface area contributed by atoms with E-state index in [2.05, 4.69) is 13.8 Å². The molecule has 0 atom stereocenters. The standard InChI is InChI=1S/C10H14O2/c1-7(2)8-4-3-5-9(6-8)10(11)12/h3-7,10-12H,1-2H3. The van der Waals surface area contributed by atoms with Crippen molar-refractivity contribution in [1.29, 1.82) is 0 Å². The van der Waals surface area contributed by atoms with Crippen LogP contribution in [0.4, 0.5) is 0 Å². The third kappa shape index (κ3) is 2.06. The number of rotatable bonds is 2. The van der Waals surface area contributed by atoms with Crippen LogP contribution < -0.4 is 0 Å². The summed E-state index contributed by atoms with van der Waals surface area (Å²) >= 11 is 0. The Hall–Kier alpha value is -0.860. The average molecular weight is 166 g/mol. The van der Waals surface area contributed by atoms with Gasteiger partial charge in [0.1, 0.15) is 0 Å². The molecule has 0 radical (unpaired) electrons. The fraction of sp³-hybridized carbons (Fsp3) is 0.400. The van der Waals surface area contributed by atoms with Gasteiger partial charge in [-0.05, 0) is 11.5 Å². The van der Waals surface area contributed by atoms with Crippen molar-refractivity contribution >= 4 is 0 Å². The number of hydrogen-bond acceptors (Lipinski definition) is 2. The van der Waals surface area contributed by atoms with Crippen LogP contribution >= 0.6 is 0 Å². The van der Waals surface area contributed by atoms with Crippen molar-refractivity contribution < 1.29 is 10.2 Å². The Balaban J connectivity index is 2.96. The highest BCUT2D eigenvalue weighted by molar-refractivity contribution is 5.26. The predicted molar refractivity (Wildman–Crippen MR) is 47.7 cm³/mol. The maximum Gasteiger partial charge on any atom is 0.178 e. The molecule has 2 N–H and O–H groups in total. The minimum atomic E-state index is -1.36. The summed E-state index contributed by atoms with van der Waals surface area (Å²) in [5.41, 5.74) is 1.68. The molecule has 1 aromatic rings. The van der Waals surface area contributed by atoms with Crippen LogP contribution in [0.5, 0.6) is 0 Å². The second-order valence-electron chi connectivity index (χ2n) is 3.20. The minimum absolute atomic E-state index is 0.420. The van der Waals surface area contributed by atoms with Gasteiger partial charge in [0.25, 0.3) is 0 Å². The van der Waals surface area contributed by atoms with Gasteiger partial charge in [-0.1, -0.05) is 38.1 Å². The van der Waals surface area contributed by atoms with Crippen molar-refractivity contribution in [2.24, 2.45) is 0 Å². The van der Waals surface area contributed by atoms with E-state index in [9.17, 15) is 0 Å². The molecule has 2 heteroatoms. The first-order chi connectivity index (χ1) is 5.61. The molecule has 2 nitrogen and oxygen atoms in total. The third-order valence-electron chi connectivity index (χ3n) is 1.88. The van der Waals surface area contributed by atoms with Gasteiger partial charge in [0.2, 0.25) is 0 Å². The summed E-state index contributed by atoms with van der Waals surface area (Å²) in [7, 11) is 0. The molecule has 0 aromatic heterocycles. The van der Waals surface area contributed by atoms with Crippen molar-refractivity contribution in [3.8, 4) is 0 Å². The first-order valence-electron chi connectivity index (χ1n) is 4.07.